The van der Waals surface area contributed by atoms with Crippen molar-refractivity contribution in [3.8, 4) is 0 Å². The molecule has 12 heavy (non-hydrogen) atoms. The van der Waals surface area contributed by atoms with Gasteiger partial charge in [0.25, 0.3) is 0 Å². The molecular weight excluding hydrogens is 166 g/mol. The lowest BCUT2D eigenvalue weighted by atomic mass is 9.97. The molecule has 0 aliphatic carbocycles. The van der Waals surface area contributed by atoms with Crippen LogP contribution >= 0.6 is 11.9 Å². The van der Waals surface area contributed by atoms with Crippen molar-refractivity contribution < 1.29 is 0 Å². The molecule has 0 spiro atoms. The molecule has 0 saturated carbocycles. The first-order valence-corrected chi connectivity index (χ1v) is 5.12. The molecule has 2 heteroatoms. The molecule has 0 aromatic heterocycles. The monoisotopic (exact) mass is 179 g/mol. The molecule has 0 radical (unpaired) electrons. The van der Waals surface area contributed by atoms with Crippen molar-refractivity contribution in [1.82, 2.24) is 4.72 Å². The Bertz CT molecular complexity index is 283. The van der Waals surface area contributed by atoms with Crippen LogP contribution < -0.4 is 4.72 Å². The van der Waals surface area contributed by atoms with Crippen molar-refractivity contribution in [2.75, 3.05) is 0 Å². The van der Waals surface area contributed by atoms with Gasteiger partial charge in [0.2, 0.25) is 0 Å². The van der Waals surface area contributed by atoms with E-state index in [9.17, 15) is 0 Å². The molecule has 1 nitrogen and oxygen atoms in total. The zero-order valence-corrected chi connectivity index (χ0v) is 8.19. The van der Waals surface area contributed by atoms with Crippen LogP contribution in [0.2, 0.25) is 0 Å². The first kappa shape index (κ1) is 8.14. The fourth-order valence-electron chi connectivity index (χ4n) is 1.52. The standard InChI is InChI=1S/C10H13NS/c1-7(2)10-8-5-3-4-6-9(8)12-11-10/h3-7,10-11H,1-2H3. The molecule has 1 aromatic carbocycles. The van der Waals surface area contributed by atoms with Crippen molar-refractivity contribution >= 4 is 11.9 Å². The third kappa shape index (κ3) is 1.25. The summed E-state index contributed by atoms with van der Waals surface area (Å²) in [6.45, 7) is 4.50. The largest absolute Gasteiger partial charge is 0.252 e. The van der Waals surface area contributed by atoms with E-state index in [1.165, 1.54) is 10.5 Å². The van der Waals surface area contributed by atoms with Gasteiger partial charge >= 0.3 is 0 Å². The van der Waals surface area contributed by atoms with E-state index in [0.29, 0.717) is 12.0 Å². The molecule has 1 aromatic rings. The van der Waals surface area contributed by atoms with Crippen LogP contribution in [0.25, 0.3) is 0 Å². The van der Waals surface area contributed by atoms with Crippen molar-refractivity contribution in [2.24, 2.45) is 5.92 Å². The molecule has 1 heterocycles. The van der Waals surface area contributed by atoms with E-state index < -0.39 is 0 Å². The van der Waals surface area contributed by atoms with E-state index in [1.54, 1.807) is 11.9 Å². The minimum Gasteiger partial charge on any atom is -0.252 e. The van der Waals surface area contributed by atoms with Gasteiger partial charge in [-0.3, -0.25) is 4.72 Å². The van der Waals surface area contributed by atoms with Crippen LogP contribution in [0.3, 0.4) is 0 Å². The van der Waals surface area contributed by atoms with Crippen LogP contribution in [-0.2, 0) is 0 Å². The normalized spacial score (nSPS) is 21.4. The highest BCUT2D eigenvalue weighted by Crippen LogP contribution is 2.38. The summed E-state index contributed by atoms with van der Waals surface area (Å²) in [4.78, 5) is 1.39. The molecule has 1 unspecified atom stereocenters. The number of rotatable bonds is 1. The number of hydrogen-bond acceptors (Lipinski definition) is 2. The van der Waals surface area contributed by atoms with E-state index in [-0.39, 0.29) is 0 Å². The number of fused-ring (bicyclic) bond motifs is 1. The highest BCUT2D eigenvalue weighted by Gasteiger charge is 2.24. The number of benzene rings is 1. The van der Waals surface area contributed by atoms with E-state index in [1.807, 2.05) is 0 Å². The molecule has 1 atom stereocenters. The van der Waals surface area contributed by atoms with Gasteiger partial charge in [-0.2, -0.15) is 0 Å². The van der Waals surface area contributed by atoms with Gasteiger partial charge in [-0.25, -0.2) is 0 Å². The van der Waals surface area contributed by atoms with Gasteiger partial charge in [0.1, 0.15) is 0 Å². The first-order valence-electron chi connectivity index (χ1n) is 4.30. The molecule has 1 aliphatic rings. The molecule has 0 amide bonds. The van der Waals surface area contributed by atoms with Crippen molar-refractivity contribution in [2.45, 2.75) is 24.8 Å². The Labute approximate surface area is 77.7 Å². The maximum absolute atomic E-state index is 3.44. The Morgan fingerprint density at radius 2 is 2.08 bits per heavy atom. The number of hydrogen-bond donors (Lipinski definition) is 1. The van der Waals surface area contributed by atoms with Crippen molar-refractivity contribution in [1.29, 1.82) is 0 Å². The predicted octanol–water partition coefficient (Wildman–Crippen LogP) is 2.99. The molecule has 2 rings (SSSR count). The van der Waals surface area contributed by atoms with Gasteiger partial charge in [-0.15, -0.1) is 0 Å². The Balaban J connectivity index is 2.36. The molecule has 1 aliphatic heterocycles. The highest BCUT2D eigenvalue weighted by molar-refractivity contribution is 7.97. The van der Waals surface area contributed by atoms with Gasteiger partial charge in [0.05, 0.1) is 0 Å². The zero-order valence-electron chi connectivity index (χ0n) is 7.37. The SMILES string of the molecule is CC(C)C1NSc2ccccc21. The van der Waals surface area contributed by atoms with Crippen LogP contribution in [0.1, 0.15) is 25.5 Å². The third-order valence-electron chi connectivity index (χ3n) is 2.22. The van der Waals surface area contributed by atoms with Crippen LogP contribution in [0.5, 0.6) is 0 Å². The molecular formula is C10H13NS. The minimum absolute atomic E-state index is 0.534. The quantitative estimate of drug-likeness (QED) is 0.665. The molecule has 0 saturated heterocycles. The Morgan fingerprint density at radius 1 is 1.33 bits per heavy atom. The summed E-state index contributed by atoms with van der Waals surface area (Å²) in [5.74, 6) is 0.668. The van der Waals surface area contributed by atoms with E-state index in [4.69, 9.17) is 0 Å². The minimum atomic E-state index is 0.534. The maximum atomic E-state index is 3.44. The fraction of sp³-hybridized carbons (Fsp3) is 0.400. The lowest BCUT2D eigenvalue weighted by Gasteiger charge is -2.14. The summed E-state index contributed by atoms with van der Waals surface area (Å²) in [7, 11) is 0. The third-order valence-corrected chi connectivity index (χ3v) is 3.18. The molecule has 0 fully saturated rings. The van der Waals surface area contributed by atoms with Crippen LogP contribution in [-0.4, -0.2) is 0 Å². The van der Waals surface area contributed by atoms with Gasteiger partial charge < -0.3 is 0 Å². The molecule has 0 bridgehead atoms. The highest BCUT2D eigenvalue weighted by atomic mass is 32.2. The summed E-state index contributed by atoms with van der Waals surface area (Å²) >= 11 is 1.75. The summed E-state index contributed by atoms with van der Waals surface area (Å²) in [5.41, 5.74) is 1.46. The molecule has 1 N–H and O–H groups in total. The summed E-state index contributed by atoms with van der Waals surface area (Å²) < 4.78 is 3.44. The van der Waals surface area contributed by atoms with Crippen LogP contribution in [0, 0.1) is 5.92 Å². The lowest BCUT2D eigenvalue weighted by molar-refractivity contribution is 0.491. The smallest absolute Gasteiger partial charge is 0.0459 e. The topological polar surface area (TPSA) is 12.0 Å². The number of nitrogens with one attached hydrogen (secondary N) is 1. The van der Waals surface area contributed by atoms with E-state index in [0.717, 1.165) is 0 Å². The second kappa shape index (κ2) is 3.11. The molecule has 64 valence electrons. The van der Waals surface area contributed by atoms with Crippen LogP contribution in [0.4, 0.5) is 0 Å². The van der Waals surface area contributed by atoms with E-state index >= 15 is 0 Å². The van der Waals surface area contributed by atoms with Gasteiger partial charge in [-0.1, -0.05) is 32.0 Å². The second-order valence-electron chi connectivity index (χ2n) is 3.48. The second-order valence-corrected chi connectivity index (χ2v) is 4.36. The Kier molecular flexibility index (Phi) is 2.11. The summed E-state index contributed by atoms with van der Waals surface area (Å²) in [6.07, 6.45) is 0. The average Bonchev–Trinajstić information content (AvgIpc) is 2.47. The van der Waals surface area contributed by atoms with Crippen molar-refractivity contribution in [3.63, 3.8) is 0 Å². The maximum Gasteiger partial charge on any atom is 0.0459 e. The average molecular weight is 179 g/mol. The lowest BCUT2D eigenvalue weighted by Crippen LogP contribution is -2.14. The fourth-order valence-corrected chi connectivity index (χ4v) is 2.63. The Hall–Kier alpha value is -0.470. The van der Waals surface area contributed by atoms with Gasteiger partial charge in [0.15, 0.2) is 0 Å². The van der Waals surface area contributed by atoms with Crippen molar-refractivity contribution in [3.05, 3.63) is 29.8 Å². The predicted molar refractivity (Wildman–Crippen MR) is 53.0 cm³/mol. The summed E-state index contributed by atoms with van der Waals surface area (Å²) in [6, 6.07) is 9.13. The van der Waals surface area contributed by atoms with Gasteiger partial charge in [0, 0.05) is 10.9 Å². The Morgan fingerprint density at radius 3 is 2.83 bits per heavy atom. The summed E-state index contributed by atoms with van der Waals surface area (Å²) in [5, 5.41) is 0. The van der Waals surface area contributed by atoms with E-state index in [2.05, 4.69) is 42.8 Å². The zero-order chi connectivity index (χ0) is 8.55. The first-order chi connectivity index (χ1) is 5.79. The van der Waals surface area contributed by atoms with Crippen LogP contribution in [0.15, 0.2) is 29.2 Å². The van der Waals surface area contributed by atoms with Gasteiger partial charge in [-0.05, 0) is 29.5 Å².